The van der Waals surface area contributed by atoms with Gasteiger partial charge in [-0.2, -0.15) is 0 Å². The lowest BCUT2D eigenvalue weighted by Crippen LogP contribution is -2.01. The molecule has 0 aliphatic rings. The van der Waals surface area contributed by atoms with Gasteiger partial charge in [-0.25, -0.2) is 4.98 Å². The van der Waals surface area contributed by atoms with E-state index in [-0.39, 0.29) is 0 Å². The summed E-state index contributed by atoms with van der Waals surface area (Å²) >= 11 is 0. The summed E-state index contributed by atoms with van der Waals surface area (Å²) in [7, 11) is 0. The van der Waals surface area contributed by atoms with Crippen molar-refractivity contribution in [1.82, 2.24) is 9.38 Å². The first kappa shape index (κ1) is 10.2. The topological polar surface area (TPSA) is 17.3 Å². The van der Waals surface area contributed by atoms with Crippen molar-refractivity contribution in [3.63, 3.8) is 0 Å². The van der Waals surface area contributed by atoms with Crippen LogP contribution in [0, 0.1) is 13.8 Å². The van der Waals surface area contributed by atoms with E-state index in [0.717, 1.165) is 12.1 Å². The van der Waals surface area contributed by atoms with E-state index in [0.29, 0.717) is 5.92 Å². The zero-order chi connectivity index (χ0) is 11.0. The Hall–Kier alpha value is -1.31. The van der Waals surface area contributed by atoms with Crippen LogP contribution in [-0.2, 0) is 0 Å². The molecule has 0 N–H and O–H groups in total. The summed E-state index contributed by atoms with van der Waals surface area (Å²) in [6.07, 6.45) is 3.16. The number of hydrogen-bond donors (Lipinski definition) is 0. The van der Waals surface area contributed by atoms with Crippen molar-refractivity contribution in [3.05, 3.63) is 35.3 Å². The second-order valence-corrected chi connectivity index (χ2v) is 4.36. The Balaban J connectivity index is 2.69. The quantitative estimate of drug-likeness (QED) is 0.729. The van der Waals surface area contributed by atoms with Gasteiger partial charge in [-0.15, -0.1) is 0 Å². The molecule has 2 aromatic rings. The van der Waals surface area contributed by atoms with Gasteiger partial charge in [0, 0.05) is 17.6 Å². The SMILES string of the molecule is CCC(C)c1cnc2cc(C)cc(C)n12. The number of nitrogens with zero attached hydrogens (tertiary/aromatic N) is 2. The van der Waals surface area contributed by atoms with Gasteiger partial charge in [0.15, 0.2) is 0 Å². The third-order valence-corrected chi connectivity index (χ3v) is 3.08. The number of rotatable bonds is 2. The Morgan fingerprint density at radius 2 is 2.07 bits per heavy atom. The Labute approximate surface area is 91.0 Å². The van der Waals surface area contributed by atoms with Crippen molar-refractivity contribution in [2.45, 2.75) is 40.0 Å². The Kier molecular flexibility index (Phi) is 2.51. The molecule has 0 saturated heterocycles. The average molecular weight is 202 g/mol. The minimum Gasteiger partial charge on any atom is -0.301 e. The Bertz CT molecular complexity index is 482. The van der Waals surface area contributed by atoms with Gasteiger partial charge in [-0.05, 0) is 43.9 Å². The molecule has 0 saturated carbocycles. The number of imidazole rings is 1. The van der Waals surface area contributed by atoms with Crippen LogP contribution in [0.2, 0.25) is 0 Å². The lowest BCUT2D eigenvalue weighted by molar-refractivity contribution is 0.696. The summed E-state index contributed by atoms with van der Waals surface area (Å²) in [6, 6.07) is 4.35. The van der Waals surface area contributed by atoms with E-state index in [1.54, 1.807) is 0 Å². The summed E-state index contributed by atoms with van der Waals surface area (Å²) in [4.78, 5) is 4.47. The second kappa shape index (κ2) is 3.69. The highest BCUT2D eigenvalue weighted by Crippen LogP contribution is 2.22. The van der Waals surface area contributed by atoms with Gasteiger partial charge >= 0.3 is 0 Å². The van der Waals surface area contributed by atoms with E-state index in [1.165, 1.54) is 17.0 Å². The highest BCUT2D eigenvalue weighted by atomic mass is 15.0. The molecule has 0 spiro atoms. The smallest absolute Gasteiger partial charge is 0.137 e. The van der Waals surface area contributed by atoms with Crippen LogP contribution in [0.5, 0.6) is 0 Å². The van der Waals surface area contributed by atoms with Crippen LogP contribution in [0.1, 0.15) is 43.1 Å². The minimum absolute atomic E-state index is 0.571. The summed E-state index contributed by atoms with van der Waals surface area (Å²) < 4.78 is 2.27. The number of hydrogen-bond acceptors (Lipinski definition) is 1. The maximum atomic E-state index is 4.47. The summed E-state index contributed by atoms with van der Waals surface area (Å²) in [6.45, 7) is 8.73. The van der Waals surface area contributed by atoms with Crippen molar-refractivity contribution in [1.29, 1.82) is 0 Å². The molecular weight excluding hydrogens is 184 g/mol. The van der Waals surface area contributed by atoms with Crippen molar-refractivity contribution >= 4 is 5.65 Å². The molecule has 0 aliphatic carbocycles. The van der Waals surface area contributed by atoms with Gasteiger partial charge in [0.2, 0.25) is 0 Å². The number of fused-ring (bicyclic) bond motifs is 1. The molecule has 0 radical (unpaired) electrons. The maximum absolute atomic E-state index is 4.47. The predicted octanol–water partition coefficient (Wildman–Crippen LogP) is 3.46. The van der Waals surface area contributed by atoms with Gasteiger partial charge in [-0.3, -0.25) is 0 Å². The molecule has 2 rings (SSSR count). The third-order valence-electron chi connectivity index (χ3n) is 3.08. The van der Waals surface area contributed by atoms with Gasteiger partial charge in [-0.1, -0.05) is 13.8 Å². The van der Waals surface area contributed by atoms with E-state index in [2.05, 4.69) is 49.2 Å². The van der Waals surface area contributed by atoms with E-state index >= 15 is 0 Å². The molecule has 15 heavy (non-hydrogen) atoms. The Morgan fingerprint density at radius 1 is 1.33 bits per heavy atom. The van der Waals surface area contributed by atoms with E-state index < -0.39 is 0 Å². The monoisotopic (exact) mass is 202 g/mol. The molecule has 2 heteroatoms. The van der Waals surface area contributed by atoms with Crippen molar-refractivity contribution < 1.29 is 0 Å². The molecule has 1 unspecified atom stereocenters. The maximum Gasteiger partial charge on any atom is 0.137 e. The zero-order valence-electron chi connectivity index (χ0n) is 9.91. The molecule has 80 valence electrons. The fraction of sp³-hybridized carbons (Fsp3) is 0.462. The molecule has 0 amide bonds. The number of aromatic nitrogens is 2. The van der Waals surface area contributed by atoms with Crippen LogP contribution in [0.15, 0.2) is 18.3 Å². The number of aryl methyl sites for hydroxylation is 2. The lowest BCUT2D eigenvalue weighted by Gasteiger charge is -2.11. The van der Waals surface area contributed by atoms with Crippen LogP contribution in [0.25, 0.3) is 5.65 Å². The molecule has 1 atom stereocenters. The van der Waals surface area contributed by atoms with E-state index in [4.69, 9.17) is 0 Å². The van der Waals surface area contributed by atoms with Gasteiger partial charge in [0.05, 0.1) is 0 Å². The van der Waals surface area contributed by atoms with Crippen LogP contribution in [-0.4, -0.2) is 9.38 Å². The van der Waals surface area contributed by atoms with Crippen LogP contribution in [0.4, 0.5) is 0 Å². The molecule has 0 aliphatic heterocycles. The molecule has 2 heterocycles. The van der Waals surface area contributed by atoms with Crippen molar-refractivity contribution in [2.24, 2.45) is 0 Å². The zero-order valence-corrected chi connectivity index (χ0v) is 9.91. The molecular formula is C13H18N2. The van der Waals surface area contributed by atoms with Crippen LogP contribution < -0.4 is 0 Å². The third kappa shape index (κ3) is 1.65. The van der Waals surface area contributed by atoms with E-state index in [1.807, 2.05) is 6.20 Å². The normalized spacial score (nSPS) is 13.3. The molecule has 0 fully saturated rings. The largest absolute Gasteiger partial charge is 0.301 e. The molecule has 2 aromatic heterocycles. The highest BCUT2D eigenvalue weighted by molar-refractivity contribution is 5.45. The lowest BCUT2D eigenvalue weighted by atomic mass is 10.1. The summed E-state index contributed by atoms with van der Waals surface area (Å²) in [5, 5.41) is 0. The highest BCUT2D eigenvalue weighted by Gasteiger charge is 2.11. The van der Waals surface area contributed by atoms with Crippen molar-refractivity contribution in [3.8, 4) is 0 Å². The predicted molar refractivity (Wildman–Crippen MR) is 63.4 cm³/mol. The first-order valence-electron chi connectivity index (χ1n) is 5.58. The van der Waals surface area contributed by atoms with E-state index in [9.17, 15) is 0 Å². The molecule has 2 nitrogen and oxygen atoms in total. The summed E-state index contributed by atoms with van der Waals surface area (Å²) in [5.41, 5.74) is 4.95. The minimum atomic E-state index is 0.571. The van der Waals surface area contributed by atoms with Gasteiger partial charge in [0.25, 0.3) is 0 Å². The first-order valence-corrected chi connectivity index (χ1v) is 5.58. The second-order valence-electron chi connectivity index (χ2n) is 4.36. The van der Waals surface area contributed by atoms with Gasteiger partial charge in [0.1, 0.15) is 5.65 Å². The van der Waals surface area contributed by atoms with Crippen LogP contribution >= 0.6 is 0 Å². The van der Waals surface area contributed by atoms with Crippen LogP contribution in [0.3, 0.4) is 0 Å². The average Bonchev–Trinajstić information content (AvgIpc) is 2.60. The Morgan fingerprint density at radius 3 is 2.73 bits per heavy atom. The first-order chi connectivity index (χ1) is 7.13. The fourth-order valence-corrected chi connectivity index (χ4v) is 2.06. The van der Waals surface area contributed by atoms with Crippen molar-refractivity contribution in [2.75, 3.05) is 0 Å². The molecule has 0 aromatic carbocycles. The van der Waals surface area contributed by atoms with Gasteiger partial charge < -0.3 is 4.40 Å². The fourth-order valence-electron chi connectivity index (χ4n) is 2.06. The molecule has 0 bridgehead atoms. The number of pyridine rings is 1. The standard InChI is InChI=1S/C13H18N2/c1-5-10(3)12-8-14-13-7-9(2)6-11(4)15(12)13/h6-8,10H,5H2,1-4H3. The summed E-state index contributed by atoms with van der Waals surface area (Å²) in [5.74, 6) is 0.571.